The van der Waals surface area contributed by atoms with Crippen molar-refractivity contribution in [1.82, 2.24) is 9.55 Å². The molecule has 0 fully saturated rings. The minimum absolute atomic E-state index is 0.102. The van der Waals surface area contributed by atoms with E-state index >= 15 is 0 Å². The number of anilines is 4. The largest absolute Gasteiger partial charge is 0.457 e. The number of pyridine rings is 1. The normalized spacial score (nSPS) is 15.5. The molecule has 0 saturated carbocycles. The van der Waals surface area contributed by atoms with Crippen molar-refractivity contribution in [3.63, 3.8) is 0 Å². The maximum Gasteiger partial charge on any atom is 0.137 e. The van der Waals surface area contributed by atoms with E-state index < -0.39 is 12.3 Å². The zero-order valence-electron chi connectivity index (χ0n) is 61.4. The molecule has 3 aliphatic rings. The minimum atomic E-state index is -2.47. The van der Waals surface area contributed by atoms with Gasteiger partial charge in [-0.2, -0.15) is 0 Å². The van der Waals surface area contributed by atoms with Gasteiger partial charge in [0.25, 0.3) is 0 Å². The summed E-state index contributed by atoms with van der Waals surface area (Å²) in [5.41, 5.74) is 22.8. The molecule has 2 aliphatic carbocycles. The molecule has 16 rings (SSSR count). The van der Waals surface area contributed by atoms with Crippen LogP contribution in [0.5, 0.6) is 11.5 Å². The number of hydrogen-bond acceptors (Lipinski definition) is 4. The van der Waals surface area contributed by atoms with Crippen molar-refractivity contribution < 1.29 is 13.0 Å². The first-order valence-electron chi connectivity index (χ1n) is 35.9. The van der Waals surface area contributed by atoms with Crippen LogP contribution in [0.2, 0.25) is 0 Å². The standard InChI is InChI=1S/C89H80N4O/c1-56-46-83(90-54-72(56)57-26-23-27-60(47-57)85(2,3)4)93-79-39-20-14-31-70(79)71-45-43-65(53-82(71)93)94-64-29-24-28-63(52-64)91-55-92(81-41-22-21-40-80(81)91)84-66(32-25-33-67(84)59-48-61(86(5,6)7)51-62(49-59)87(8,9)10)58-42-44-69-68-30-13-15-34-73(68)89(78(69)50-58)76-37-18-16-35-74(76)88(11,12)75-36-17-19-38-77(75)89/h13-54H,55H2,1-12H3/i1D3,24D,28D,29D. The van der Waals surface area contributed by atoms with Crippen LogP contribution < -0.4 is 14.5 Å². The van der Waals surface area contributed by atoms with E-state index in [1.54, 1.807) is 18.3 Å². The third-order valence-electron chi connectivity index (χ3n) is 20.4. The van der Waals surface area contributed by atoms with Gasteiger partial charge in [-0.1, -0.05) is 258 Å². The number of para-hydroxylation sites is 4. The van der Waals surface area contributed by atoms with Gasteiger partial charge in [0.15, 0.2) is 0 Å². The Morgan fingerprint density at radius 2 is 1.01 bits per heavy atom. The van der Waals surface area contributed by atoms with Gasteiger partial charge in [0.05, 0.1) is 37.6 Å². The van der Waals surface area contributed by atoms with Crippen molar-refractivity contribution in [2.45, 2.75) is 110 Å². The van der Waals surface area contributed by atoms with E-state index in [0.717, 1.165) is 66.7 Å². The summed E-state index contributed by atoms with van der Waals surface area (Å²) in [6.45, 7) is 22.6. The Hall–Kier alpha value is -10.2. The van der Waals surface area contributed by atoms with Crippen LogP contribution in [0.3, 0.4) is 0 Å². The molecule has 3 heterocycles. The average Bonchev–Trinajstić information content (AvgIpc) is 1.45. The number of aromatic nitrogens is 2. The number of hydrogen-bond donors (Lipinski definition) is 0. The van der Waals surface area contributed by atoms with Gasteiger partial charge in [-0.3, -0.25) is 4.57 Å². The lowest BCUT2D eigenvalue weighted by Gasteiger charge is -2.46. The molecule has 13 aromatic rings. The fourth-order valence-electron chi connectivity index (χ4n) is 15.5. The van der Waals surface area contributed by atoms with Gasteiger partial charge in [0.1, 0.15) is 24.0 Å². The predicted octanol–water partition coefficient (Wildman–Crippen LogP) is 23.4. The Bertz CT molecular complexity index is 5460. The van der Waals surface area contributed by atoms with E-state index in [2.05, 4.69) is 244 Å². The number of rotatable bonds is 8. The number of ether oxygens (including phenoxy) is 1. The van der Waals surface area contributed by atoms with Crippen LogP contribution in [-0.2, 0) is 27.1 Å². The average molecular weight is 1230 g/mol. The molecule has 0 amide bonds. The third kappa shape index (κ3) is 9.28. The number of fused-ring (bicyclic) bond motifs is 13. The van der Waals surface area contributed by atoms with Crippen LogP contribution in [-0.4, -0.2) is 16.2 Å². The van der Waals surface area contributed by atoms with Crippen molar-refractivity contribution in [3.8, 4) is 61.8 Å². The van der Waals surface area contributed by atoms with Gasteiger partial charge in [-0.25, -0.2) is 4.98 Å². The Morgan fingerprint density at radius 3 is 1.71 bits per heavy atom. The first kappa shape index (κ1) is 52.3. The Balaban J connectivity index is 0.849. The zero-order chi connectivity index (χ0) is 69.9. The smallest absolute Gasteiger partial charge is 0.137 e. The van der Waals surface area contributed by atoms with E-state index in [9.17, 15) is 4.11 Å². The van der Waals surface area contributed by atoms with Crippen LogP contribution in [0.25, 0.3) is 72.1 Å². The molecule has 1 aliphatic heterocycles. The molecule has 0 N–H and O–H groups in total. The van der Waals surface area contributed by atoms with Gasteiger partial charge >= 0.3 is 0 Å². The van der Waals surface area contributed by atoms with Gasteiger partial charge in [-0.15, -0.1) is 0 Å². The molecule has 0 saturated heterocycles. The summed E-state index contributed by atoms with van der Waals surface area (Å²) in [6, 6.07) is 81.1. The highest BCUT2D eigenvalue weighted by molar-refractivity contribution is 6.09. The van der Waals surface area contributed by atoms with Gasteiger partial charge in [0, 0.05) is 61.0 Å². The van der Waals surface area contributed by atoms with Crippen LogP contribution in [0.15, 0.2) is 255 Å². The summed E-state index contributed by atoms with van der Waals surface area (Å²) < 4.78 is 64.4. The zero-order valence-corrected chi connectivity index (χ0v) is 55.4. The topological polar surface area (TPSA) is 33.5 Å². The minimum Gasteiger partial charge on any atom is -0.457 e. The number of aryl methyl sites for hydroxylation is 1. The summed E-state index contributed by atoms with van der Waals surface area (Å²) in [7, 11) is 0. The van der Waals surface area contributed by atoms with Crippen LogP contribution in [0.1, 0.15) is 140 Å². The number of nitrogens with zero attached hydrogens (tertiary/aromatic N) is 4. The number of benzene rings is 11. The highest BCUT2D eigenvalue weighted by Crippen LogP contribution is 2.63. The SMILES string of the molecule is [2H]c1c(Oc2ccc3c4ccccc4n(-c4cc(C([2H])([2H])[2H])c(-c5cccc(C(C)(C)C)c5)cn4)c3c2)cc(N2CN(c3c(-c4cc(C(C)(C)C)cc(C(C)(C)C)c4)cccc3-c3ccc4c(c3)C3(c5ccccc5-4)c4ccccc4C(C)(C)c4ccccc43)c3ccccc32)c([2H])c1[2H]. The summed E-state index contributed by atoms with van der Waals surface area (Å²) >= 11 is 0. The molecule has 2 aromatic heterocycles. The highest BCUT2D eigenvalue weighted by Gasteiger charge is 2.53. The molecule has 1 spiro atoms. The molecule has 462 valence electrons. The maximum atomic E-state index is 9.84. The lowest BCUT2D eigenvalue weighted by atomic mass is 9.55. The molecule has 0 atom stereocenters. The molecule has 0 unspecified atom stereocenters. The van der Waals surface area contributed by atoms with Gasteiger partial charge < -0.3 is 14.5 Å². The Kier molecular flexibility index (Phi) is 11.9. The molecular formula is C89H80N4O. The second kappa shape index (κ2) is 21.4. The molecule has 0 radical (unpaired) electrons. The Labute approximate surface area is 563 Å². The molecule has 5 nitrogen and oxygen atoms in total. The summed E-state index contributed by atoms with van der Waals surface area (Å²) in [4.78, 5) is 9.52. The van der Waals surface area contributed by atoms with Gasteiger partial charge in [-0.05, 0) is 161 Å². The monoisotopic (exact) mass is 1230 g/mol. The molecular weight excluding hydrogens is 1140 g/mol. The van der Waals surface area contributed by atoms with Crippen molar-refractivity contribution in [2.24, 2.45) is 0 Å². The molecule has 5 heteroatoms. The molecule has 94 heavy (non-hydrogen) atoms. The highest BCUT2D eigenvalue weighted by atomic mass is 16.5. The third-order valence-corrected chi connectivity index (χ3v) is 20.4. The lowest BCUT2D eigenvalue weighted by Crippen LogP contribution is -2.40. The van der Waals surface area contributed by atoms with Crippen molar-refractivity contribution >= 4 is 44.6 Å². The lowest BCUT2D eigenvalue weighted by molar-refractivity contribution is 0.483. The van der Waals surface area contributed by atoms with Crippen LogP contribution in [0, 0.1) is 6.85 Å². The summed E-state index contributed by atoms with van der Waals surface area (Å²) in [5.74, 6) is 0.919. The van der Waals surface area contributed by atoms with Crippen LogP contribution >= 0.6 is 0 Å². The van der Waals surface area contributed by atoms with E-state index in [-0.39, 0.29) is 57.8 Å². The summed E-state index contributed by atoms with van der Waals surface area (Å²) in [6.07, 6.45) is 1.67. The Morgan fingerprint density at radius 1 is 0.436 bits per heavy atom. The first-order chi connectivity index (χ1) is 47.6. The quantitative estimate of drug-likeness (QED) is 0.152. The van der Waals surface area contributed by atoms with E-state index in [4.69, 9.17) is 13.8 Å². The predicted molar refractivity (Wildman–Crippen MR) is 394 cm³/mol. The molecule has 0 bridgehead atoms. The fourth-order valence-corrected chi connectivity index (χ4v) is 15.5. The van der Waals surface area contributed by atoms with Crippen molar-refractivity contribution in [2.75, 3.05) is 16.5 Å². The summed E-state index contributed by atoms with van der Waals surface area (Å²) in [5, 5.41) is 1.83. The van der Waals surface area contributed by atoms with E-state index in [0.29, 0.717) is 28.3 Å². The molecule has 11 aromatic carbocycles. The maximum absolute atomic E-state index is 9.84. The van der Waals surface area contributed by atoms with E-state index in [1.807, 2.05) is 65.2 Å². The van der Waals surface area contributed by atoms with Crippen molar-refractivity contribution in [1.29, 1.82) is 0 Å². The van der Waals surface area contributed by atoms with Gasteiger partial charge in [0.2, 0.25) is 0 Å². The fraction of sp³-hybridized carbons (Fsp3) is 0.202. The second-order valence-electron chi connectivity index (χ2n) is 29.6. The van der Waals surface area contributed by atoms with Crippen molar-refractivity contribution in [3.05, 3.63) is 310 Å². The van der Waals surface area contributed by atoms with Crippen LogP contribution in [0.4, 0.5) is 22.7 Å². The first-order valence-corrected chi connectivity index (χ1v) is 32.9. The van der Waals surface area contributed by atoms with E-state index in [1.165, 1.54) is 55.6 Å². The second-order valence-corrected chi connectivity index (χ2v) is 29.6.